The minimum atomic E-state index is 0.341. The summed E-state index contributed by atoms with van der Waals surface area (Å²) in [5.41, 5.74) is 5.25. The van der Waals surface area contributed by atoms with Crippen LogP contribution in [-0.2, 0) is 0 Å². The topological polar surface area (TPSA) is 46.2 Å². The molecule has 0 spiro atoms. The lowest BCUT2D eigenvalue weighted by Gasteiger charge is -2.04. The van der Waals surface area contributed by atoms with Crippen LogP contribution in [0.2, 0.25) is 0 Å². The van der Waals surface area contributed by atoms with E-state index in [1.807, 2.05) is 0 Å². The summed E-state index contributed by atoms with van der Waals surface area (Å²) in [5, 5.41) is 9.25. The van der Waals surface area contributed by atoms with Crippen LogP contribution < -0.4 is 5.73 Å². The van der Waals surface area contributed by atoms with Crippen molar-refractivity contribution in [1.82, 2.24) is 0 Å². The molecular weight excluding hydrogens is 330 g/mol. The van der Waals surface area contributed by atoms with E-state index in [0.29, 0.717) is 5.76 Å². The molecule has 0 heterocycles. The second kappa shape index (κ2) is 23.4. The van der Waals surface area contributed by atoms with E-state index in [2.05, 4.69) is 6.92 Å². The molecule has 2 heteroatoms. The normalized spacial score (nSPS) is 12.0. The molecule has 3 N–H and O–H groups in total. The Hall–Kier alpha value is -0.660. The molecular formula is C25H51NO. The highest BCUT2D eigenvalue weighted by molar-refractivity contribution is 4.85. The van der Waals surface area contributed by atoms with E-state index in [-0.39, 0.29) is 0 Å². The molecule has 0 amide bonds. The number of aliphatic hydroxyl groups excluding tert-OH is 1. The second-order valence-electron chi connectivity index (χ2n) is 8.48. The highest BCUT2D eigenvalue weighted by Crippen LogP contribution is 2.15. The number of nitrogens with two attached hydrogens (primary N) is 1. The number of rotatable bonds is 22. The summed E-state index contributed by atoms with van der Waals surface area (Å²) in [4.78, 5) is 0. The SMILES string of the molecule is CCCCCCCCCCCCCCCCCCCCCCC/C(O)=C/N. The number of hydrogen-bond acceptors (Lipinski definition) is 2. The Morgan fingerprint density at radius 1 is 0.519 bits per heavy atom. The van der Waals surface area contributed by atoms with Crippen molar-refractivity contribution in [3.8, 4) is 0 Å². The van der Waals surface area contributed by atoms with Gasteiger partial charge in [-0.05, 0) is 6.42 Å². The summed E-state index contributed by atoms with van der Waals surface area (Å²) in [6.07, 6.45) is 31.5. The third kappa shape index (κ3) is 23.3. The van der Waals surface area contributed by atoms with Gasteiger partial charge in [0.15, 0.2) is 0 Å². The van der Waals surface area contributed by atoms with Crippen LogP contribution in [0.25, 0.3) is 0 Å². The summed E-state index contributed by atoms with van der Waals surface area (Å²) in [7, 11) is 0. The van der Waals surface area contributed by atoms with Crippen molar-refractivity contribution in [1.29, 1.82) is 0 Å². The number of hydrogen-bond donors (Lipinski definition) is 2. The average molecular weight is 382 g/mol. The van der Waals surface area contributed by atoms with Crippen molar-refractivity contribution >= 4 is 0 Å². The second-order valence-corrected chi connectivity index (χ2v) is 8.48. The highest BCUT2D eigenvalue weighted by atomic mass is 16.3. The van der Waals surface area contributed by atoms with E-state index >= 15 is 0 Å². The van der Waals surface area contributed by atoms with E-state index < -0.39 is 0 Å². The average Bonchev–Trinajstić information content (AvgIpc) is 2.68. The third-order valence-corrected chi connectivity index (χ3v) is 5.73. The molecule has 0 saturated heterocycles. The number of allylic oxidation sites excluding steroid dienone is 1. The van der Waals surface area contributed by atoms with Gasteiger partial charge in [0.05, 0.1) is 0 Å². The Morgan fingerprint density at radius 3 is 1.04 bits per heavy atom. The van der Waals surface area contributed by atoms with E-state index in [4.69, 9.17) is 5.73 Å². The van der Waals surface area contributed by atoms with Crippen LogP contribution in [0.1, 0.15) is 148 Å². The van der Waals surface area contributed by atoms with Crippen molar-refractivity contribution in [2.24, 2.45) is 5.73 Å². The Kier molecular flexibility index (Phi) is 22.8. The molecule has 0 bridgehead atoms. The van der Waals surface area contributed by atoms with Crippen molar-refractivity contribution in [2.45, 2.75) is 148 Å². The van der Waals surface area contributed by atoms with Gasteiger partial charge in [-0.15, -0.1) is 0 Å². The summed E-state index contributed by atoms with van der Waals surface area (Å²) >= 11 is 0. The largest absolute Gasteiger partial charge is 0.511 e. The zero-order chi connectivity index (χ0) is 19.8. The van der Waals surface area contributed by atoms with E-state index in [1.165, 1.54) is 135 Å². The number of aliphatic hydroxyl groups is 1. The van der Waals surface area contributed by atoms with Crippen molar-refractivity contribution in [2.75, 3.05) is 0 Å². The molecule has 0 rings (SSSR count). The lowest BCUT2D eigenvalue weighted by atomic mass is 10.0. The predicted molar refractivity (Wildman–Crippen MR) is 122 cm³/mol. The maximum absolute atomic E-state index is 9.25. The molecule has 0 aliphatic rings. The van der Waals surface area contributed by atoms with E-state index in [0.717, 1.165) is 12.8 Å². The minimum absolute atomic E-state index is 0.341. The molecule has 162 valence electrons. The smallest absolute Gasteiger partial charge is 0.108 e. The maximum atomic E-state index is 9.25. The Labute approximate surface area is 171 Å². The first-order valence-corrected chi connectivity index (χ1v) is 12.4. The summed E-state index contributed by atoms with van der Waals surface area (Å²) in [5.74, 6) is 0.341. The van der Waals surface area contributed by atoms with Gasteiger partial charge in [0.25, 0.3) is 0 Å². The first kappa shape index (κ1) is 26.3. The Morgan fingerprint density at radius 2 is 0.778 bits per heavy atom. The van der Waals surface area contributed by atoms with E-state index in [9.17, 15) is 5.11 Å². The van der Waals surface area contributed by atoms with Gasteiger partial charge in [-0.2, -0.15) is 0 Å². The van der Waals surface area contributed by atoms with Crippen LogP contribution in [0.5, 0.6) is 0 Å². The fourth-order valence-corrected chi connectivity index (χ4v) is 3.82. The molecule has 2 nitrogen and oxygen atoms in total. The molecule has 27 heavy (non-hydrogen) atoms. The van der Waals surface area contributed by atoms with Gasteiger partial charge in [-0.1, -0.05) is 135 Å². The first-order chi connectivity index (χ1) is 13.3. The maximum Gasteiger partial charge on any atom is 0.108 e. The van der Waals surface area contributed by atoms with E-state index in [1.54, 1.807) is 0 Å². The Bertz CT molecular complexity index is 301. The summed E-state index contributed by atoms with van der Waals surface area (Å²) < 4.78 is 0. The van der Waals surface area contributed by atoms with Crippen LogP contribution in [0, 0.1) is 0 Å². The molecule has 0 aliphatic carbocycles. The standard InChI is InChI=1S/C25H51NO/c1-2-3-4-5-6-7-8-9-10-11-12-13-14-15-16-17-18-19-20-21-22-23-25(27)24-26/h24,27H,2-23,26H2,1H3/b25-24-. The van der Waals surface area contributed by atoms with Gasteiger partial charge in [0.1, 0.15) is 5.76 Å². The molecule has 0 radical (unpaired) electrons. The first-order valence-electron chi connectivity index (χ1n) is 12.4. The van der Waals surface area contributed by atoms with Crippen LogP contribution in [0.15, 0.2) is 12.0 Å². The van der Waals surface area contributed by atoms with Crippen molar-refractivity contribution < 1.29 is 5.11 Å². The molecule has 0 saturated carbocycles. The number of unbranched alkanes of at least 4 members (excludes halogenated alkanes) is 20. The van der Waals surface area contributed by atoms with Crippen LogP contribution in [0.3, 0.4) is 0 Å². The van der Waals surface area contributed by atoms with Gasteiger partial charge >= 0.3 is 0 Å². The van der Waals surface area contributed by atoms with Gasteiger partial charge in [-0.3, -0.25) is 0 Å². The van der Waals surface area contributed by atoms with Crippen LogP contribution in [0.4, 0.5) is 0 Å². The Balaban J connectivity index is 3.01. The molecule has 0 aromatic heterocycles. The van der Waals surface area contributed by atoms with Crippen LogP contribution in [-0.4, -0.2) is 5.11 Å². The fourth-order valence-electron chi connectivity index (χ4n) is 3.82. The zero-order valence-corrected chi connectivity index (χ0v) is 18.7. The molecule has 0 unspecified atom stereocenters. The third-order valence-electron chi connectivity index (χ3n) is 5.73. The van der Waals surface area contributed by atoms with Crippen molar-refractivity contribution in [3.05, 3.63) is 12.0 Å². The monoisotopic (exact) mass is 381 g/mol. The molecule has 0 atom stereocenters. The lowest BCUT2D eigenvalue weighted by molar-refractivity contribution is 0.378. The highest BCUT2D eigenvalue weighted by Gasteiger charge is 1.96. The van der Waals surface area contributed by atoms with Gasteiger partial charge in [-0.25, -0.2) is 0 Å². The molecule has 0 aliphatic heterocycles. The van der Waals surface area contributed by atoms with Crippen LogP contribution >= 0.6 is 0 Å². The molecule has 0 aromatic rings. The van der Waals surface area contributed by atoms with Crippen molar-refractivity contribution in [3.63, 3.8) is 0 Å². The summed E-state index contributed by atoms with van der Waals surface area (Å²) in [6, 6.07) is 0. The predicted octanol–water partition coefficient (Wildman–Crippen LogP) is 8.95. The van der Waals surface area contributed by atoms with Gasteiger partial charge < -0.3 is 10.8 Å². The molecule has 0 aromatic carbocycles. The fraction of sp³-hybridized carbons (Fsp3) is 0.920. The zero-order valence-electron chi connectivity index (χ0n) is 18.7. The quantitative estimate of drug-likeness (QED) is 0.145. The molecule has 0 fully saturated rings. The van der Waals surface area contributed by atoms with Gasteiger partial charge in [0.2, 0.25) is 0 Å². The lowest BCUT2D eigenvalue weighted by Crippen LogP contribution is -1.88. The summed E-state index contributed by atoms with van der Waals surface area (Å²) in [6.45, 7) is 2.29. The minimum Gasteiger partial charge on any atom is -0.511 e. The van der Waals surface area contributed by atoms with Gasteiger partial charge in [0, 0.05) is 12.6 Å².